The third-order valence-electron chi connectivity index (χ3n) is 3.10. The van der Waals surface area contributed by atoms with Gasteiger partial charge in [-0.15, -0.1) is 0 Å². The molecule has 0 radical (unpaired) electrons. The van der Waals surface area contributed by atoms with Crippen molar-refractivity contribution in [3.63, 3.8) is 0 Å². The van der Waals surface area contributed by atoms with Gasteiger partial charge in [0.15, 0.2) is 6.61 Å². The highest BCUT2D eigenvalue weighted by Crippen LogP contribution is 2.20. The molecule has 0 heterocycles. The largest absolute Gasteiger partial charge is 0.484 e. The molecule has 116 valence electrons. The monoisotopic (exact) mass is 305 g/mol. The maximum atomic E-state index is 13.4. The third kappa shape index (κ3) is 4.28. The molecule has 1 N–H and O–H groups in total. The van der Waals surface area contributed by atoms with E-state index in [0.29, 0.717) is 17.7 Å². The minimum atomic E-state index is -0.824. The molecule has 2 aromatic carbocycles. The van der Waals surface area contributed by atoms with Gasteiger partial charge in [-0.05, 0) is 35.7 Å². The predicted octanol–water partition coefficient (Wildman–Crippen LogP) is 4.11. The highest BCUT2D eigenvalue weighted by molar-refractivity contribution is 5.91. The molecule has 0 atom stereocenters. The van der Waals surface area contributed by atoms with Crippen LogP contribution in [-0.4, -0.2) is 12.5 Å². The number of hydrogen-bond donors (Lipinski definition) is 1. The van der Waals surface area contributed by atoms with E-state index in [-0.39, 0.29) is 12.3 Å². The van der Waals surface area contributed by atoms with Gasteiger partial charge in [0, 0.05) is 6.07 Å². The summed E-state index contributed by atoms with van der Waals surface area (Å²) < 4.78 is 31.6. The van der Waals surface area contributed by atoms with E-state index in [1.54, 1.807) is 6.07 Å². The lowest BCUT2D eigenvalue weighted by atomic mass is 10.0. The lowest BCUT2D eigenvalue weighted by Crippen LogP contribution is -2.20. The summed E-state index contributed by atoms with van der Waals surface area (Å²) in [5.74, 6) is -1.11. The van der Waals surface area contributed by atoms with E-state index in [0.717, 1.165) is 11.6 Å². The summed E-state index contributed by atoms with van der Waals surface area (Å²) in [6.07, 6.45) is 0. The van der Waals surface area contributed by atoms with Crippen molar-refractivity contribution >= 4 is 11.6 Å². The van der Waals surface area contributed by atoms with Gasteiger partial charge in [-0.25, -0.2) is 8.78 Å². The van der Waals surface area contributed by atoms with Crippen LogP contribution in [0.15, 0.2) is 42.5 Å². The Morgan fingerprint density at radius 3 is 2.64 bits per heavy atom. The van der Waals surface area contributed by atoms with Crippen molar-refractivity contribution in [2.75, 3.05) is 11.9 Å². The summed E-state index contributed by atoms with van der Waals surface area (Å²) in [4.78, 5) is 11.7. The molecule has 0 aliphatic rings. The normalized spacial score (nSPS) is 10.6. The van der Waals surface area contributed by atoms with Crippen LogP contribution in [0.5, 0.6) is 5.75 Å². The number of hydrogen-bond acceptors (Lipinski definition) is 2. The number of carbonyl (C=O) groups is 1. The van der Waals surface area contributed by atoms with E-state index in [2.05, 4.69) is 19.2 Å². The lowest BCUT2D eigenvalue weighted by Gasteiger charge is -2.10. The molecular formula is C17H17F2NO2. The second-order valence-electron chi connectivity index (χ2n) is 5.19. The number of halogens is 2. The standard InChI is InChI=1S/C17H17F2NO2/c1-11(2)12-4-3-5-14(8-12)22-10-17(21)20-16-7-6-13(18)9-15(16)19/h3-9,11H,10H2,1-2H3,(H,20,21). The van der Waals surface area contributed by atoms with Crippen molar-refractivity contribution in [2.24, 2.45) is 0 Å². The molecule has 0 aliphatic heterocycles. The van der Waals surface area contributed by atoms with E-state index < -0.39 is 17.5 Å². The zero-order valence-corrected chi connectivity index (χ0v) is 12.4. The number of ether oxygens (including phenoxy) is 1. The Hall–Kier alpha value is -2.43. The van der Waals surface area contributed by atoms with E-state index in [9.17, 15) is 13.6 Å². The first-order valence-corrected chi connectivity index (χ1v) is 6.93. The Bertz CT molecular complexity index is 671. The molecule has 0 saturated carbocycles. The SMILES string of the molecule is CC(C)c1cccc(OCC(=O)Nc2ccc(F)cc2F)c1. The Kier molecular flexibility index (Phi) is 5.09. The third-order valence-corrected chi connectivity index (χ3v) is 3.10. The fourth-order valence-corrected chi connectivity index (χ4v) is 1.89. The van der Waals surface area contributed by atoms with Gasteiger partial charge in [-0.2, -0.15) is 0 Å². The highest BCUT2D eigenvalue weighted by atomic mass is 19.1. The zero-order valence-electron chi connectivity index (χ0n) is 12.4. The molecule has 0 aliphatic carbocycles. The van der Waals surface area contributed by atoms with Crippen molar-refractivity contribution in [1.82, 2.24) is 0 Å². The smallest absolute Gasteiger partial charge is 0.262 e. The van der Waals surface area contributed by atoms with E-state index in [1.807, 2.05) is 18.2 Å². The van der Waals surface area contributed by atoms with E-state index in [1.165, 1.54) is 6.07 Å². The number of nitrogens with one attached hydrogen (secondary N) is 1. The fourth-order valence-electron chi connectivity index (χ4n) is 1.89. The second-order valence-corrected chi connectivity index (χ2v) is 5.19. The van der Waals surface area contributed by atoms with Gasteiger partial charge in [-0.3, -0.25) is 4.79 Å². The van der Waals surface area contributed by atoms with Crippen molar-refractivity contribution in [3.05, 3.63) is 59.7 Å². The summed E-state index contributed by atoms with van der Waals surface area (Å²) in [6.45, 7) is 3.87. The van der Waals surface area contributed by atoms with Crippen molar-refractivity contribution < 1.29 is 18.3 Å². The first-order chi connectivity index (χ1) is 10.5. The van der Waals surface area contributed by atoms with E-state index in [4.69, 9.17) is 4.74 Å². The number of benzene rings is 2. The molecule has 0 fully saturated rings. The molecule has 3 nitrogen and oxygen atoms in total. The quantitative estimate of drug-likeness (QED) is 0.903. The first-order valence-electron chi connectivity index (χ1n) is 6.93. The van der Waals surface area contributed by atoms with E-state index >= 15 is 0 Å². The summed E-state index contributed by atoms with van der Waals surface area (Å²) >= 11 is 0. The van der Waals surface area contributed by atoms with Crippen LogP contribution < -0.4 is 10.1 Å². The average molecular weight is 305 g/mol. The van der Waals surface area contributed by atoms with Gasteiger partial charge >= 0.3 is 0 Å². The van der Waals surface area contributed by atoms with Crippen LogP contribution in [0.4, 0.5) is 14.5 Å². The van der Waals surface area contributed by atoms with Gasteiger partial charge in [-0.1, -0.05) is 26.0 Å². The molecule has 1 amide bonds. The summed E-state index contributed by atoms with van der Waals surface area (Å²) in [7, 11) is 0. The summed E-state index contributed by atoms with van der Waals surface area (Å²) in [5, 5.41) is 2.34. The molecule has 2 aromatic rings. The molecule has 0 spiro atoms. The van der Waals surface area contributed by atoms with Crippen LogP contribution >= 0.6 is 0 Å². The number of amides is 1. The molecule has 0 bridgehead atoms. The molecular weight excluding hydrogens is 288 g/mol. The average Bonchev–Trinajstić information content (AvgIpc) is 2.48. The van der Waals surface area contributed by atoms with Crippen LogP contribution in [0.2, 0.25) is 0 Å². The topological polar surface area (TPSA) is 38.3 Å². The minimum Gasteiger partial charge on any atom is -0.484 e. The Morgan fingerprint density at radius 1 is 1.18 bits per heavy atom. The van der Waals surface area contributed by atoms with Crippen molar-refractivity contribution in [3.8, 4) is 5.75 Å². The molecule has 22 heavy (non-hydrogen) atoms. The van der Waals surface area contributed by atoms with Crippen LogP contribution in [-0.2, 0) is 4.79 Å². The lowest BCUT2D eigenvalue weighted by molar-refractivity contribution is -0.118. The Balaban J connectivity index is 1.94. The zero-order chi connectivity index (χ0) is 16.1. The molecule has 0 aromatic heterocycles. The maximum Gasteiger partial charge on any atom is 0.262 e. The van der Waals surface area contributed by atoms with Crippen LogP contribution in [0.3, 0.4) is 0 Å². The summed E-state index contributed by atoms with van der Waals surface area (Å²) in [6, 6.07) is 10.4. The molecule has 0 saturated heterocycles. The number of rotatable bonds is 5. The predicted molar refractivity (Wildman–Crippen MR) is 81.0 cm³/mol. The van der Waals surface area contributed by atoms with Crippen molar-refractivity contribution in [1.29, 1.82) is 0 Å². The van der Waals surface area contributed by atoms with Crippen LogP contribution in [0.1, 0.15) is 25.3 Å². The van der Waals surface area contributed by atoms with Gasteiger partial charge in [0.05, 0.1) is 5.69 Å². The van der Waals surface area contributed by atoms with Gasteiger partial charge in [0.1, 0.15) is 17.4 Å². The van der Waals surface area contributed by atoms with Crippen LogP contribution in [0.25, 0.3) is 0 Å². The molecule has 5 heteroatoms. The summed E-state index contributed by atoms with van der Waals surface area (Å²) in [5.41, 5.74) is 1.02. The molecule has 2 rings (SSSR count). The minimum absolute atomic E-state index is 0.0778. The molecule has 0 unspecified atom stereocenters. The number of anilines is 1. The highest BCUT2D eigenvalue weighted by Gasteiger charge is 2.09. The number of carbonyl (C=O) groups excluding carboxylic acids is 1. The fraction of sp³-hybridized carbons (Fsp3) is 0.235. The van der Waals surface area contributed by atoms with Crippen molar-refractivity contribution in [2.45, 2.75) is 19.8 Å². The van der Waals surface area contributed by atoms with Gasteiger partial charge < -0.3 is 10.1 Å². The first kappa shape index (κ1) is 15.9. The Labute approximate surface area is 127 Å². The second kappa shape index (κ2) is 7.02. The van der Waals surface area contributed by atoms with Crippen LogP contribution in [0, 0.1) is 11.6 Å². The van der Waals surface area contributed by atoms with Gasteiger partial charge in [0.2, 0.25) is 0 Å². The maximum absolute atomic E-state index is 13.4. The van der Waals surface area contributed by atoms with Gasteiger partial charge in [0.25, 0.3) is 5.91 Å². The Morgan fingerprint density at radius 2 is 1.95 bits per heavy atom.